The highest BCUT2D eigenvalue weighted by Crippen LogP contribution is 2.25. The van der Waals surface area contributed by atoms with Gasteiger partial charge in [-0.2, -0.15) is 11.8 Å². The number of hydrogen-bond acceptors (Lipinski definition) is 4. The van der Waals surface area contributed by atoms with Gasteiger partial charge < -0.3 is 5.32 Å². The van der Waals surface area contributed by atoms with E-state index in [2.05, 4.69) is 34.0 Å². The molecule has 0 aromatic carbocycles. The maximum absolute atomic E-state index is 4.29. The molecule has 0 radical (unpaired) electrons. The van der Waals surface area contributed by atoms with E-state index in [-0.39, 0.29) is 0 Å². The second kappa shape index (κ2) is 5.47. The first-order valence-corrected chi connectivity index (χ1v) is 6.52. The van der Waals surface area contributed by atoms with Crippen LogP contribution in [0.3, 0.4) is 0 Å². The van der Waals surface area contributed by atoms with Gasteiger partial charge in [-0.25, -0.2) is 0 Å². The predicted molar refractivity (Wildman–Crippen MR) is 63.9 cm³/mol. The predicted octanol–water partition coefficient (Wildman–Crippen LogP) is 2.02. The SMILES string of the molecule is CC(NCC1CCCS1)c1cnccn1. The van der Waals surface area contributed by atoms with E-state index >= 15 is 0 Å². The van der Waals surface area contributed by atoms with E-state index in [0.29, 0.717) is 6.04 Å². The van der Waals surface area contributed by atoms with Gasteiger partial charge in [0.2, 0.25) is 0 Å². The molecule has 1 aromatic heterocycles. The lowest BCUT2D eigenvalue weighted by Crippen LogP contribution is -2.26. The van der Waals surface area contributed by atoms with Crippen molar-refractivity contribution in [3.63, 3.8) is 0 Å². The molecule has 2 heterocycles. The average molecular weight is 223 g/mol. The van der Waals surface area contributed by atoms with Crippen molar-refractivity contribution in [2.45, 2.75) is 31.1 Å². The minimum absolute atomic E-state index is 0.305. The van der Waals surface area contributed by atoms with E-state index < -0.39 is 0 Å². The summed E-state index contributed by atoms with van der Waals surface area (Å²) in [6.07, 6.45) is 8.02. The molecule has 1 aliphatic rings. The molecule has 3 nitrogen and oxygen atoms in total. The molecule has 0 spiro atoms. The Labute approximate surface area is 95.1 Å². The summed E-state index contributed by atoms with van der Waals surface area (Å²) in [6, 6.07) is 0.305. The van der Waals surface area contributed by atoms with E-state index in [0.717, 1.165) is 17.5 Å². The lowest BCUT2D eigenvalue weighted by atomic mass is 10.2. The third-order valence-electron chi connectivity index (χ3n) is 2.70. The largest absolute Gasteiger partial charge is 0.308 e. The molecular weight excluding hydrogens is 206 g/mol. The first-order chi connectivity index (χ1) is 7.36. The Bertz CT molecular complexity index is 285. The van der Waals surface area contributed by atoms with Crippen LogP contribution in [-0.4, -0.2) is 27.5 Å². The smallest absolute Gasteiger partial charge is 0.0753 e. The van der Waals surface area contributed by atoms with Gasteiger partial charge >= 0.3 is 0 Å². The van der Waals surface area contributed by atoms with Crippen molar-refractivity contribution in [2.24, 2.45) is 0 Å². The average Bonchev–Trinajstić information content (AvgIpc) is 2.80. The fourth-order valence-electron chi connectivity index (χ4n) is 1.75. The van der Waals surface area contributed by atoms with Crippen LogP contribution in [-0.2, 0) is 0 Å². The van der Waals surface area contributed by atoms with Crippen LogP contribution in [0.4, 0.5) is 0 Å². The maximum Gasteiger partial charge on any atom is 0.0753 e. The molecule has 1 aromatic rings. The van der Waals surface area contributed by atoms with Gasteiger partial charge in [0, 0.05) is 36.4 Å². The fraction of sp³-hybridized carbons (Fsp3) is 0.636. The van der Waals surface area contributed by atoms with E-state index in [4.69, 9.17) is 0 Å². The first-order valence-electron chi connectivity index (χ1n) is 5.47. The molecule has 1 N–H and O–H groups in total. The zero-order chi connectivity index (χ0) is 10.5. The number of nitrogens with one attached hydrogen (secondary N) is 1. The summed E-state index contributed by atoms with van der Waals surface area (Å²) in [5, 5.41) is 4.31. The summed E-state index contributed by atoms with van der Waals surface area (Å²) < 4.78 is 0. The Morgan fingerprint density at radius 2 is 2.53 bits per heavy atom. The van der Waals surface area contributed by atoms with Gasteiger partial charge in [0.15, 0.2) is 0 Å². The van der Waals surface area contributed by atoms with Crippen LogP contribution in [0.25, 0.3) is 0 Å². The summed E-state index contributed by atoms with van der Waals surface area (Å²) in [7, 11) is 0. The van der Waals surface area contributed by atoms with E-state index in [1.165, 1.54) is 18.6 Å². The highest BCUT2D eigenvalue weighted by molar-refractivity contribution is 8.00. The van der Waals surface area contributed by atoms with Gasteiger partial charge in [0.05, 0.1) is 5.69 Å². The maximum atomic E-state index is 4.29. The molecule has 2 unspecified atom stereocenters. The van der Waals surface area contributed by atoms with Crippen LogP contribution < -0.4 is 5.32 Å². The monoisotopic (exact) mass is 223 g/mol. The van der Waals surface area contributed by atoms with E-state index in [1.807, 2.05) is 6.20 Å². The Hall–Kier alpha value is -0.610. The molecule has 15 heavy (non-hydrogen) atoms. The summed E-state index contributed by atoms with van der Waals surface area (Å²) in [5.74, 6) is 1.33. The van der Waals surface area contributed by atoms with E-state index in [1.54, 1.807) is 12.4 Å². The summed E-state index contributed by atoms with van der Waals surface area (Å²) in [4.78, 5) is 8.37. The molecule has 0 amide bonds. The first kappa shape index (κ1) is 10.9. The molecule has 2 atom stereocenters. The molecule has 0 aliphatic carbocycles. The van der Waals surface area contributed by atoms with Gasteiger partial charge in [-0.3, -0.25) is 9.97 Å². The second-order valence-corrected chi connectivity index (χ2v) is 5.30. The van der Waals surface area contributed by atoms with E-state index in [9.17, 15) is 0 Å². The number of hydrogen-bond donors (Lipinski definition) is 1. The third kappa shape index (κ3) is 3.18. The molecule has 1 saturated heterocycles. The van der Waals surface area contributed by atoms with Gasteiger partial charge in [0.1, 0.15) is 0 Å². The molecule has 1 fully saturated rings. The molecule has 2 rings (SSSR count). The van der Waals surface area contributed by atoms with Gasteiger partial charge in [0.25, 0.3) is 0 Å². The number of rotatable bonds is 4. The Kier molecular flexibility index (Phi) is 3.97. The van der Waals surface area contributed by atoms with Crippen LogP contribution in [0.15, 0.2) is 18.6 Å². The van der Waals surface area contributed by atoms with Crippen LogP contribution in [0.1, 0.15) is 31.5 Å². The van der Waals surface area contributed by atoms with Crippen molar-refractivity contribution in [2.75, 3.05) is 12.3 Å². The molecule has 4 heteroatoms. The Morgan fingerprint density at radius 3 is 3.20 bits per heavy atom. The number of thioether (sulfide) groups is 1. The van der Waals surface area contributed by atoms with Crippen molar-refractivity contribution in [3.05, 3.63) is 24.3 Å². The number of nitrogens with zero attached hydrogens (tertiary/aromatic N) is 2. The fourth-order valence-corrected chi connectivity index (χ4v) is 2.97. The molecule has 0 bridgehead atoms. The number of aromatic nitrogens is 2. The topological polar surface area (TPSA) is 37.8 Å². The lowest BCUT2D eigenvalue weighted by molar-refractivity contribution is 0.547. The lowest BCUT2D eigenvalue weighted by Gasteiger charge is -2.15. The summed E-state index contributed by atoms with van der Waals surface area (Å²) in [5.41, 5.74) is 1.03. The van der Waals surface area contributed by atoms with Crippen molar-refractivity contribution in [1.29, 1.82) is 0 Å². The zero-order valence-electron chi connectivity index (χ0n) is 9.02. The normalized spacial score (nSPS) is 22.9. The quantitative estimate of drug-likeness (QED) is 0.847. The van der Waals surface area contributed by atoms with Gasteiger partial charge in [-0.1, -0.05) is 0 Å². The standard InChI is InChI=1S/C11H17N3S/c1-9(11-8-12-4-5-13-11)14-7-10-3-2-6-15-10/h4-5,8-10,14H,2-3,6-7H2,1H3. The van der Waals surface area contributed by atoms with Crippen LogP contribution in [0.5, 0.6) is 0 Å². The zero-order valence-corrected chi connectivity index (χ0v) is 9.83. The van der Waals surface area contributed by atoms with Crippen LogP contribution in [0, 0.1) is 0 Å². The Balaban J connectivity index is 1.79. The minimum Gasteiger partial charge on any atom is -0.308 e. The summed E-state index contributed by atoms with van der Waals surface area (Å²) >= 11 is 2.08. The summed E-state index contributed by atoms with van der Waals surface area (Å²) in [6.45, 7) is 3.23. The van der Waals surface area contributed by atoms with Crippen molar-refractivity contribution in [3.8, 4) is 0 Å². The highest BCUT2D eigenvalue weighted by Gasteiger charge is 2.16. The van der Waals surface area contributed by atoms with Crippen LogP contribution in [0.2, 0.25) is 0 Å². The molecule has 0 saturated carbocycles. The Morgan fingerprint density at radius 1 is 1.60 bits per heavy atom. The van der Waals surface area contributed by atoms with Crippen molar-refractivity contribution < 1.29 is 0 Å². The van der Waals surface area contributed by atoms with Gasteiger partial charge in [-0.15, -0.1) is 0 Å². The van der Waals surface area contributed by atoms with Gasteiger partial charge in [-0.05, 0) is 25.5 Å². The second-order valence-electron chi connectivity index (χ2n) is 3.90. The molecule has 82 valence electrons. The molecular formula is C11H17N3S. The van der Waals surface area contributed by atoms with Crippen molar-refractivity contribution >= 4 is 11.8 Å². The minimum atomic E-state index is 0.305. The highest BCUT2D eigenvalue weighted by atomic mass is 32.2. The van der Waals surface area contributed by atoms with Crippen molar-refractivity contribution in [1.82, 2.24) is 15.3 Å². The van der Waals surface area contributed by atoms with Crippen LogP contribution >= 0.6 is 11.8 Å². The third-order valence-corrected chi connectivity index (χ3v) is 4.10. The molecule has 1 aliphatic heterocycles.